The lowest BCUT2D eigenvalue weighted by atomic mass is 9.85. The molecule has 1 fully saturated rings. The Labute approximate surface area is 130 Å². The first-order valence-corrected chi connectivity index (χ1v) is 8.25. The van der Waals surface area contributed by atoms with E-state index in [0.717, 1.165) is 30.5 Å². The van der Waals surface area contributed by atoms with E-state index >= 15 is 0 Å². The normalized spacial score (nSPS) is 25.4. The summed E-state index contributed by atoms with van der Waals surface area (Å²) >= 11 is 3.49. The predicted octanol–water partition coefficient (Wildman–Crippen LogP) is 3.51. The highest BCUT2D eigenvalue weighted by Gasteiger charge is 2.42. The Morgan fingerprint density at radius 3 is 2.85 bits per heavy atom. The van der Waals surface area contributed by atoms with Crippen molar-refractivity contribution in [3.8, 4) is 0 Å². The van der Waals surface area contributed by atoms with Crippen LogP contribution < -0.4 is 5.32 Å². The molecule has 1 aromatic rings. The molecule has 2 rings (SSSR count). The van der Waals surface area contributed by atoms with Gasteiger partial charge in [0.1, 0.15) is 0 Å². The molecule has 1 N–H and O–H groups in total. The molecule has 20 heavy (non-hydrogen) atoms. The zero-order chi connectivity index (χ0) is 14.4. The molecule has 1 aliphatic rings. The van der Waals surface area contributed by atoms with Crippen LogP contribution in [0.25, 0.3) is 0 Å². The first-order chi connectivity index (χ1) is 9.74. The molecule has 3 nitrogen and oxygen atoms in total. The Morgan fingerprint density at radius 1 is 1.30 bits per heavy atom. The van der Waals surface area contributed by atoms with Crippen molar-refractivity contribution < 1.29 is 9.47 Å². The Kier molecular flexibility index (Phi) is 6.49. The lowest BCUT2D eigenvalue weighted by Gasteiger charge is -2.44. The molecule has 0 heterocycles. The summed E-state index contributed by atoms with van der Waals surface area (Å²) in [6.45, 7) is 6.71. The number of halogens is 1. The summed E-state index contributed by atoms with van der Waals surface area (Å²) < 4.78 is 13.0. The van der Waals surface area contributed by atoms with Crippen LogP contribution in [0.4, 0.5) is 0 Å². The van der Waals surface area contributed by atoms with Gasteiger partial charge in [0.15, 0.2) is 0 Å². The van der Waals surface area contributed by atoms with Crippen LogP contribution >= 0.6 is 15.9 Å². The maximum atomic E-state index is 6.02. The standard InChI is InChI=1S/C16H24BrNO2/c1-3-8-19-16-14(18-4-2)10-15(16)20-11-12-6-5-7-13(17)9-12/h5-7,9,14-16,18H,3-4,8,10-11H2,1-2H3. The van der Waals surface area contributed by atoms with Crippen LogP contribution in [-0.2, 0) is 16.1 Å². The molecule has 3 unspecified atom stereocenters. The third kappa shape index (κ3) is 4.29. The SMILES string of the molecule is CCCOC1C(NCC)CC1OCc1cccc(Br)c1. The number of benzene rings is 1. The number of hydrogen-bond acceptors (Lipinski definition) is 3. The zero-order valence-electron chi connectivity index (χ0n) is 12.3. The predicted molar refractivity (Wildman–Crippen MR) is 84.8 cm³/mol. The summed E-state index contributed by atoms with van der Waals surface area (Å²) in [7, 11) is 0. The van der Waals surface area contributed by atoms with Crippen molar-refractivity contribution in [2.75, 3.05) is 13.2 Å². The number of nitrogens with one attached hydrogen (secondary N) is 1. The molecule has 4 heteroatoms. The lowest BCUT2D eigenvalue weighted by molar-refractivity contribution is -0.151. The van der Waals surface area contributed by atoms with Crippen LogP contribution in [0.5, 0.6) is 0 Å². The minimum absolute atomic E-state index is 0.196. The molecule has 0 radical (unpaired) electrons. The summed E-state index contributed by atoms with van der Waals surface area (Å²) in [5, 5.41) is 3.47. The second-order valence-corrected chi connectivity index (χ2v) is 6.13. The summed E-state index contributed by atoms with van der Waals surface area (Å²) in [5.41, 5.74) is 1.19. The van der Waals surface area contributed by atoms with E-state index in [-0.39, 0.29) is 12.2 Å². The molecule has 0 aromatic heterocycles. The molecule has 1 aliphatic carbocycles. The third-order valence-corrected chi connectivity index (χ3v) is 4.08. The summed E-state index contributed by atoms with van der Waals surface area (Å²) in [6.07, 6.45) is 2.50. The molecular weight excluding hydrogens is 318 g/mol. The first-order valence-electron chi connectivity index (χ1n) is 7.45. The van der Waals surface area contributed by atoms with Gasteiger partial charge in [-0.15, -0.1) is 0 Å². The van der Waals surface area contributed by atoms with Crippen LogP contribution in [0.15, 0.2) is 28.7 Å². The smallest absolute Gasteiger partial charge is 0.0990 e. The van der Waals surface area contributed by atoms with Gasteiger partial charge in [-0.1, -0.05) is 41.9 Å². The molecule has 0 saturated heterocycles. The molecule has 0 bridgehead atoms. The maximum Gasteiger partial charge on any atom is 0.0990 e. The van der Waals surface area contributed by atoms with Crippen molar-refractivity contribution in [2.24, 2.45) is 0 Å². The Hall–Kier alpha value is -0.420. The molecule has 0 spiro atoms. The summed E-state index contributed by atoms with van der Waals surface area (Å²) in [5.74, 6) is 0. The van der Waals surface area contributed by atoms with Crippen molar-refractivity contribution in [1.82, 2.24) is 5.32 Å². The van der Waals surface area contributed by atoms with Gasteiger partial charge in [-0.2, -0.15) is 0 Å². The van der Waals surface area contributed by atoms with Crippen LogP contribution in [0, 0.1) is 0 Å². The van der Waals surface area contributed by atoms with Gasteiger partial charge in [0.2, 0.25) is 0 Å². The number of rotatable bonds is 8. The van der Waals surface area contributed by atoms with Gasteiger partial charge < -0.3 is 14.8 Å². The van der Waals surface area contributed by atoms with E-state index in [9.17, 15) is 0 Å². The van der Waals surface area contributed by atoms with E-state index in [0.29, 0.717) is 12.6 Å². The Bertz CT molecular complexity index is 413. The van der Waals surface area contributed by atoms with E-state index in [1.807, 2.05) is 12.1 Å². The van der Waals surface area contributed by atoms with Crippen molar-refractivity contribution in [2.45, 2.75) is 51.5 Å². The fourth-order valence-corrected chi connectivity index (χ4v) is 2.96. The monoisotopic (exact) mass is 341 g/mol. The first kappa shape index (κ1) is 16.0. The highest BCUT2D eigenvalue weighted by atomic mass is 79.9. The van der Waals surface area contributed by atoms with E-state index in [1.54, 1.807) is 0 Å². The van der Waals surface area contributed by atoms with Gasteiger partial charge in [0, 0.05) is 17.1 Å². The fourth-order valence-electron chi connectivity index (χ4n) is 2.51. The van der Waals surface area contributed by atoms with Crippen LogP contribution in [0.3, 0.4) is 0 Å². The second kappa shape index (κ2) is 8.13. The second-order valence-electron chi connectivity index (χ2n) is 5.21. The average Bonchev–Trinajstić information content (AvgIpc) is 2.42. The summed E-state index contributed by atoms with van der Waals surface area (Å²) in [4.78, 5) is 0. The number of likely N-dealkylation sites (N-methyl/N-ethyl adjacent to an activating group) is 1. The van der Waals surface area contributed by atoms with E-state index < -0.39 is 0 Å². The Morgan fingerprint density at radius 2 is 2.15 bits per heavy atom. The molecule has 0 aliphatic heterocycles. The minimum atomic E-state index is 0.196. The third-order valence-electron chi connectivity index (χ3n) is 3.58. The van der Waals surface area contributed by atoms with Crippen molar-refractivity contribution >= 4 is 15.9 Å². The van der Waals surface area contributed by atoms with Crippen LogP contribution in [0.2, 0.25) is 0 Å². The number of hydrogen-bond donors (Lipinski definition) is 1. The van der Waals surface area contributed by atoms with Gasteiger partial charge in [0.25, 0.3) is 0 Å². The zero-order valence-corrected chi connectivity index (χ0v) is 13.9. The lowest BCUT2D eigenvalue weighted by Crippen LogP contribution is -2.60. The molecule has 1 aromatic carbocycles. The largest absolute Gasteiger partial charge is 0.374 e. The van der Waals surface area contributed by atoms with Crippen molar-refractivity contribution in [3.63, 3.8) is 0 Å². The average molecular weight is 342 g/mol. The Balaban J connectivity index is 1.82. The fraction of sp³-hybridized carbons (Fsp3) is 0.625. The quantitative estimate of drug-likeness (QED) is 0.784. The molecule has 3 atom stereocenters. The van der Waals surface area contributed by atoms with E-state index in [2.05, 4.69) is 47.2 Å². The summed E-state index contributed by atoms with van der Waals surface area (Å²) in [6, 6.07) is 8.70. The van der Waals surface area contributed by atoms with E-state index in [4.69, 9.17) is 9.47 Å². The molecule has 0 amide bonds. The van der Waals surface area contributed by atoms with Crippen LogP contribution in [0.1, 0.15) is 32.3 Å². The van der Waals surface area contributed by atoms with Crippen LogP contribution in [-0.4, -0.2) is 31.4 Å². The molecule has 112 valence electrons. The highest BCUT2D eigenvalue weighted by molar-refractivity contribution is 9.10. The van der Waals surface area contributed by atoms with E-state index in [1.165, 1.54) is 5.56 Å². The van der Waals surface area contributed by atoms with Crippen molar-refractivity contribution in [1.29, 1.82) is 0 Å². The van der Waals surface area contributed by atoms with Gasteiger partial charge in [-0.3, -0.25) is 0 Å². The minimum Gasteiger partial charge on any atom is -0.374 e. The topological polar surface area (TPSA) is 30.5 Å². The van der Waals surface area contributed by atoms with Gasteiger partial charge in [-0.05, 0) is 37.1 Å². The highest BCUT2D eigenvalue weighted by Crippen LogP contribution is 2.28. The molecule has 1 saturated carbocycles. The van der Waals surface area contributed by atoms with Gasteiger partial charge in [-0.25, -0.2) is 0 Å². The maximum absolute atomic E-state index is 6.02. The van der Waals surface area contributed by atoms with Gasteiger partial charge >= 0.3 is 0 Å². The molecular formula is C16H24BrNO2. The number of ether oxygens (including phenoxy) is 2. The van der Waals surface area contributed by atoms with Crippen molar-refractivity contribution in [3.05, 3.63) is 34.3 Å². The van der Waals surface area contributed by atoms with Gasteiger partial charge in [0.05, 0.1) is 18.8 Å².